The minimum atomic E-state index is -1.04. The molecule has 0 aliphatic heterocycles. The lowest BCUT2D eigenvalue weighted by Crippen LogP contribution is -2.50. The third-order valence-electron chi connectivity index (χ3n) is 3.39. The first-order valence-electron chi connectivity index (χ1n) is 7.24. The maximum absolute atomic E-state index is 12.3. The molecule has 1 aliphatic rings. The number of amides is 2. The van der Waals surface area contributed by atoms with Crippen molar-refractivity contribution >= 4 is 12.0 Å². The molecule has 1 aromatic heterocycles. The molecule has 3 N–H and O–H groups in total. The van der Waals surface area contributed by atoms with Gasteiger partial charge in [-0.15, -0.1) is 0 Å². The summed E-state index contributed by atoms with van der Waals surface area (Å²) in [6.45, 7) is 4.73. The molecule has 1 unspecified atom stereocenters. The topological polar surface area (TPSA) is 98.3 Å². The van der Waals surface area contributed by atoms with E-state index in [1.54, 1.807) is 11.1 Å². The number of carbonyl (C=O) groups excluding carboxylic acids is 1. The predicted octanol–water partition coefficient (Wildman–Crippen LogP) is 1.24. The van der Waals surface area contributed by atoms with Gasteiger partial charge >= 0.3 is 12.0 Å². The van der Waals surface area contributed by atoms with Crippen LogP contribution in [-0.2, 0) is 11.2 Å². The van der Waals surface area contributed by atoms with Gasteiger partial charge in [0.15, 0.2) is 0 Å². The van der Waals surface area contributed by atoms with E-state index in [2.05, 4.69) is 15.3 Å². The molecule has 2 rings (SSSR count). The summed E-state index contributed by atoms with van der Waals surface area (Å²) >= 11 is 0. The number of H-pyrrole nitrogens is 1. The zero-order valence-electron chi connectivity index (χ0n) is 12.4. The Labute approximate surface area is 123 Å². The third-order valence-corrected chi connectivity index (χ3v) is 3.39. The van der Waals surface area contributed by atoms with Crippen molar-refractivity contribution in [2.75, 3.05) is 6.54 Å². The number of nitrogens with zero attached hydrogens (tertiary/aromatic N) is 2. The molecule has 1 heterocycles. The minimum Gasteiger partial charge on any atom is -0.480 e. The van der Waals surface area contributed by atoms with Crippen LogP contribution in [0.5, 0.6) is 0 Å². The average Bonchev–Trinajstić information content (AvgIpc) is 3.12. The summed E-state index contributed by atoms with van der Waals surface area (Å²) in [5.41, 5.74) is 0.685. The van der Waals surface area contributed by atoms with Gasteiger partial charge in [0.1, 0.15) is 6.04 Å². The molecule has 2 amide bonds. The Morgan fingerprint density at radius 1 is 1.52 bits per heavy atom. The van der Waals surface area contributed by atoms with Crippen LogP contribution in [0.4, 0.5) is 4.79 Å². The smallest absolute Gasteiger partial charge is 0.326 e. The van der Waals surface area contributed by atoms with Gasteiger partial charge in [0.2, 0.25) is 0 Å². The first-order chi connectivity index (χ1) is 9.97. The quantitative estimate of drug-likeness (QED) is 0.704. The lowest BCUT2D eigenvalue weighted by atomic mass is 10.1. The lowest BCUT2D eigenvalue weighted by molar-refractivity contribution is -0.139. The van der Waals surface area contributed by atoms with Gasteiger partial charge in [0.05, 0.1) is 6.33 Å². The number of aliphatic carboxylic acids is 1. The van der Waals surface area contributed by atoms with Crippen LogP contribution < -0.4 is 5.32 Å². The van der Waals surface area contributed by atoms with Crippen LogP contribution in [0.2, 0.25) is 0 Å². The molecular weight excluding hydrogens is 272 g/mol. The second-order valence-corrected chi connectivity index (χ2v) is 5.90. The van der Waals surface area contributed by atoms with E-state index in [0.29, 0.717) is 18.2 Å². The van der Waals surface area contributed by atoms with Crippen LogP contribution in [0.3, 0.4) is 0 Å². The Hall–Kier alpha value is -2.05. The van der Waals surface area contributed by atoms with Crippen molar-refractivity contribution in [2.24, 2.45) is 5.92 Å². The van der Waals surface area contributed by atoms with Crippen LogP contribution in [-0.4, -0.2) is 50.6 Å². The van der Waals surface area contributed by atoms with Crippen molar-refractivity contribution in [1.82, 2.24) is 20.2 Å². The lowest BCUT2D eigenvalue weighted by Gasteiger charge is -2.26. The van der Waals surface area contributed by atoms with Gasteiger partial charge in [0, 0.05) is 30.9 Å². The molecule has 21 heavy (non-hydrogen) atoms. The van der Waals surface area contributed by atoms with Crippen molar-refractivity contribution in [1.29, 1.82) is 0 Å². The molecule has 1 aromatic rings. The normalized spacial score (nSPS) is 15.8. The van der Waals surface area contributed by atoms with Crippen molar-refractivity contribution in [3.63, 3.8) is 0 Å². The third kappa shape index (κ3) is 4.47. The fourth-order valence-electron chi connectivity index (χ4n) is 2.23. The Morgan fingerprint density at radius 3 is 2.71 bits per heavy atom. The maximum Gasteiger partial charge on any atom is 0.326 e. The van der Waals surface area contributed by atoms with Crippen molar-refractivity contribution in [3.05, 3.63) is 18.2 Å². The SMILES string of the molecule is CC(C)CN(C(=O)NC(Cc1cnc[nH]1)C(=O)O)C1CC1. The molecule has 0 saturated heterocycles. The summed E-state index contributed by atoms with van der Waals surface area (Å²) in [6, 6.07) is -0.988. The van der Waals surface area contributed by atoms with Gasteiger partial charge in [-0.1, -0.05) is 13.8 Å². The van der Waals surface area contributed by atoms with Gasteiger partial charge in [-0.3, -0.25) is 0 Å². The summed E-state index contributed by atoms with van der Waals surface area (Å²) in [6.07, 6.45) is 5.25. The van der Waals surface area contributed by atoms with E-state index in [1.165, 1.54) is 6.33 Å². The second-order valence-electron chi connectivity index (χ2n) is 5.90. The molecule has 0 radical (unpaired) electrons. The highest BCUT2D eigenvalue weighted by Gasteiger charge is 2.34. The number of rotatable bonds is 7. The summed E-state index contributed by atoms with van der Waals surface area (Å²) in [5, 5.41) is 11.9. The van der Waals surface area contributed by atoms with Gasteiger partial charge in [-0.05, 0) is 18.8 Å². The molecule has 1 fully saturated rings. The monoisotopic (exact) mass is 294 g/mol. The number of imidazole rings is 1. The number of aromatic nitrogens is 2. The van der Waals surface area contributed by atoms with E-state index in [1.807, 2.05) is 13.8 Å². The first-order valence-corrected chi connectivity index (χ1v) is 7.24. The predicted molar refractivity (Wildman–Crippen MR) is 76.8 cm³/mol. The molecule has 0 spiro atoms. The first kappa shape index (κ1) is 15.3. The van der Waals surface area contributed by atoms with Gasteiger partial charge < -0.3 is 20.3 Å². The Morgan fingerprint density at radius 2 is 2.24 bits per heavy atom. The van der Waals surface area contributed by atoms with Crippen molar-refractivity contribution in [2.45, 2.75) is 45.2 Å². The van der Waals surface area contributed by atoms with Gasteiger partial charge in [0.25, 0.3) is 0 Å². The highest BCUT2D eigenvalue weighted by atomic mass is 16.4. The molecule has 0 bridgehead atoms. The van der Waals surface area contributed by atoms with Crippen LogP contribution in [0.25, 0.3) is 0 Å². The summed E-state index contributed by atoms with van der Waals surface area (Å²) < 4.78 is 0. The summed E-state index contributed by atoms with van der Waals surface area (Å²) in [5.74, 6) is -0.689. The highest BCUT2D eigenvalue weighted by molar-refractivity contribution is 5.83. The molecular formula is C14H22N4O3. The molecule has 1 saturated carbocycles. The molecule has 1 atom stereocenters. The Kier molecular flexibility index (Phi) is 4.82. The van der Waals surface area contributed by atoms with E-state index < -0.39 is 12.0 Å². The summed E-state index contributed by atoms with van der Waals surface area (Å²) in [4.78, 5) is 32.1. The molecule has 1 aliphatic carbocycles. The van der Waals surface area contributed by atoms with Crippen LogP contribution in [0.1, 0.15) is 32.4 Å². The molecule has 0 aromatic carbocycles. The van der Waals surface area contributed by atoms with E-state index in [4.69, 9.17) is 0 Å². The highest BCUT2D eigenvalue weighted by Crippen LogP contribution is 2.27. The Balaban J connectivity index is 1.97. The fraction of sp³-hybridized carbons (Fsp3) is 0.643. The molecule has 7 heteroatoms. The van der Waals surface area contributed by atoms with Crippen molar-refractivity contribution < 1.29 is 14.7 Å². The van der Waals surface area contributed by atoms with Crippen molar-refractivity contribution in [3.8, 4) is 0 Å². The minimum absolute atomic E-state index is 0.196. The number of urea groups is 1. The van der Waals surface area contributed by atoms with Crippen LogP contribution >= 0.6 is 0 Å². The number of aromatic amines is 1. The van der Waals surface area contributed by atoms with Crippen LogP contribution in [0, 0.1) is 5.92 Å². The molecule has 7 nitrogen and oxygen atoms in total. The number of hydrogen-bond donors (Lipinski definition) is 3. The van der Waals surface area contributed by atoms with Crippen LogP contribution in [0.15, 0.2) is 12.5 Å². The molecule has 116 valence electrons. The number of carbonyl (C=O) groups is 2. The van der Waals surface area contributed by atoms with Gasteiger partial charge in [-0.25, -0.2) is 14.6 Å². The Bertz CT molecular complexity index is 482. The average molecular weight is 294 g/mol. The number of hydrogen-bond acceptors (Lipinski definition) is 3. The van der Waals surface area contributed by atoms with E-state index in [9.17, 15) is 14.7 Å². The number of carboxylic acids is 1. The standard InChI is InChI=1S/C14H22N4O3/c1-9(2)7-18(11-3-4-11)14(21)17-12(13(19)20)5-10-6-15-8-16-10/h6,8-9,11-12H,3-5,7H2,1-2H3,(H,15,16)(H,17,21)(H,19,20). The largest absolute Gasteiger partial charge is 0.480 e. The van der Waals surface area contributed by atoms with E-state index in [-0.39, 0.29) is 18.5 Å². The van der Waals surface area contributed by atoms with E-state index in [0.717, 1.165) is 12.8 Å². The second kappa shape index (κ2) is 6.60. The number of nitrogens with one attached hydrogen (secondary N) is 2. The van der Waals surface area contributed by atoms with Gasteiger partial charge in [-0.2, -0.15) is 0 Å². The fourth-order valence-corrected chi connectivity index (χ4v) is 2.23. The zero-order valence-corrected chi connectivity index (χ0v) is 12.4. The maximum atomic E-state index is 12.3. The summed E-state index contributed by atoms with van der Waals surface area (Å²) in [7, 11) is 0. The zero-order chi connectivity index (χ0) is 15.4. The number of carboxylic acid groups (broad SMARTS) is 1. The van der Waals surface area contributed by atoms with E-state index >= 15 is 0 Å².